The molecule has 0 aromatic carbocycles. The van der Waals surface area contributed by atoms with Crippen molar-refractivity contribution < 1.29 is 4.79 Å². The van der Waals surface area contributed by atoms with Gasteiger partial charge in [0, 0.05) is 37.6 Å². The Labute approximate surface area is 149 Å². The predicted molar refractivity (Wildman–Crippen MR) is 98.0 cm³/mol. The second-order valence-electron chi connectivity index (χ2n) is 6.22. The van der Waals surface area contributed by atoms with Crippen molar-refractivity contribution in [2.75, 3.05) is 30.3 Å². The second-order valence-corrected chi connectivity index (χ2v) is 7.35. The number of piperidine rings is 1. The molecule has 0 radical (unpaired) electrons. The van der Waals surface area contributed by atoms with Gasteiger partial charge in [-0.15, -0.1) is 11.8 Å². The number of likely N-dealkylation sites (tertiary alicyclic amines) is 1. The number of amides is 1. The summed E-state index contributed by atoms with van der Waals surface area (Å²) in [5, 5.41) is 0. The van der Waals surface area contributed by atoms with Crippen LogP contribution in [0, 0.1) is 0 Å². The van der Waals surface area contributed by atoms with Crippen molar-refractivity contribution in [3.8, 4) is 0 Å². The van der Waals surface area contributed by atoms with E-state index in [2.05, 4.69) is 19.9 Å². The van der Waals surface area contributed by atoms with Crippen LogP contribution >= 0.6 is 11.8 Å². The van der Waals surface area contributed by atoms with Crippen LogP contribution in [0.3, 0.4) is 0 Å². The number of aromatic nitrogens is 4. The lowest BCUT2D eigenvalue weighted by Gasteiger charge is -2.36. The molecule has 1 saturated heterocycles. The molecule has 9 heteroatoms. The fourth-order valence-electron chi connectivity index (χ4n) is 3.41. The molecule has 1 atom stereocenters. The van der Waals surface area contributed by atoms with Gasteiger partial charge in [0.15, 0.2) is 11.5 Å². The first-order valence-electron chi connectivity index (χ1n) is 8.54. The van der Waals surface area contributed by atoms with E-state index in [-0.39, 0.29) is 11.9 Å². The number of rotatable bonds is 3. The van der Waals surface area contributed by atoms with E-state index in [0.717, 1.165) is 54.3 Å². The molecule has 1 amide bonds. The summed E-state index contributed by atoms with van der Waals surface area (Å²) < 4.78 is 0. The van der Waals surface area contributed by atoms with Crippen molar-refractivity contribution in [1.82, 2.24) is 24.8 Å². The lowest BCUT2D eigenvalue weighted by molar-refractivity contribution is -0.129. The maximum absolute atomic E-state index is 13.0. The van der Waals surface area contributed by atoms with Gasteiger partial charge in [0.1, 0.15) is 11.8 Å². The lowest BCUT2D eigenvalue weighted by atomic mass is 10.0. The van der Waals surface area contributed by atoms with Gasteiger partial charge in [-0.1, -0.05) is 0 Å². The standard InChI is InChI=1S/C16H21N7OS/c17-7-11-3-1-2-4-23(11)16(24)12-8-22(5-6-25-12)15-13-14(19-9-18-13)20-10-21-15/h8-11H,1-7,17H2,(H,18,19,20,21)/t11-/m1/s1. The van der Waals surface area contributed by atoms with Crippen LogP contribution in [0.1, 0.15) is 19.3 Å². The molecule has 0 unspecified atom stereocenters. The van der Waals surface area contributed by atoms with E-state index in [4.69, 9.17) is 5.73 Å². The Balaban J connectivity index is 1.62. The number of hydrogen-bond acceptors (Lipinski definition) is 7. The maximum atomic E-state index is 13.0. The number of anilines is 1. The zero-order valence-electron chi connectivity index (χ0n) is 13.9. The average Bonchev–Trinajstić information content (AvgIpc) is 3.16. The van der Waals surface area contributed by atoms with Crippen molar-refractivity contribution in [3.63, 3.8) is 0 Å². The van der Waals surface area contributed by atoms with Gasteiger partial charge in [0.05, 0.1) is 11.2 Å². The van der Waals surface area contributed by atoms with E-state index < -0.39 is 0 Å². The smallest absolute Gasteiger partial charge is 0.262 e. The predicted octanol–water partition coefficient (Wildman–Crippen LogP) is 1.09. The van der Waals surface area contributed by atoms with Gasteiger partial charge in [-0.25, -0.2) is 15.0 Å². The molecular weight excluding hydrogens is 338 g/mol. The van der Waals surface area contributed by atoms with Gasteiger partial charge in [-0.3, -0.25) is 4.79 Å². The Kier molecular flexibility index (Phi) is 4.58. The van der Waals surface area contributed by atoms with E-state index in [1.165, 1.54) is 6.33 Å². The number of nitrogens with two attached hydrogens (primary N) is 1. The largest absolute Gasteiger partial charge is 0.340 e. The van der Waals surface area contributed by atoms with Crippen LogP contribution in [0.2, 0.25) is 0 Å². The zero-order chi connectivity index (χ0) is 17.2. The van der Waals surface area contributed by atoms with E-state index >= 15 is 0 Å². The molecule has 132 valence electrons. The molecule has 3 N–H and O–H groups in total. The highest BCUT2D eigenvalue weighted by atomic mass is 32.2. The molecule has 0 saturated carbocycles. The topological polar surface area (TPSA) is 104 Å². The fourth-order valence-corrected chi connectivity index (χ4v) is 4.36. The number of imidazole rings is 1. The molecule has 2 aliphatic rings. The highest BCUT2D eigenvalue weighted by Crippen LogP contribution is 2.30. The molecule has 0 aliphatic carbocycles. The number of carbonyl (C=O) groups excluding carboxylic acids is 1. The van der Waals surface area contributed by atoms with Crippen LogP contribution in [-0.2, 0) is 4.79 Å². The third-order valence-corrected chi connectivity index (χ3v) is 5.69. The summed E-state index contributed by atoms with van der Waals surface area (Å²) in [6, 6.07) is 0.150. The van der Waals surface area contributed by atoms with Crippen LogP contribution in [0.15, 0.2) is 23.8 Å². The van der Waals surface area contributed by atoms with Crippen molar-refractivity contribution in [2.45, 2.75) is 25.3 Å². The first-order valence-corrected chi connectivity index (χ1v) is 9.53. The Morgan fingerprint density at radius 2 is 2.24 bits per heavy atom. The van der Waals surface area contributed by atoms with Gasteiger partial charge in [-0.2, -0.15) is 0 Å². The molecule has 1 fully saturated rings. The minimum atomic E-state index is 0.0831. The minimum absolute atomic E-state index is 0.0831. The molecule has 2 aliphatic heterocycles. The monoisotopic (exact) mass is 359 g/mol. The van der Waals surface area contributed by atoms with Gasteiger partial charge in [0.25, 0.3) is 5.91 Å². The third kappa shape index (κ3) is 3.09. The van der Waals surface area contributed by atoms with Gasteiger partial charge >= 0.3 is 0 Å². The molecule has 0 spiro atoms. The summed E-state index contributed by atoms with van der Waals surface area (Å²) in [5.74, 6) is 1.67. The van der Waals surface area contributed by atoms with Crippen LogP contribution in [0.5, 0.6) is 0 Å². The number of fused-ring (bicyclic) bond motifs is 1. The Morgan fingerprint density at radius 3 is 3.12 bits per heavy atom. The molecule has 2 aromatic rings. The van der Waals surface area contributed by atoms with Crippen LogP contribution in [0.25, 0.3) is 11.2 Å². The summed E-state index contributed by atoms with van der Waals surface area (Å²) in [7, 11) is 0. The molecule has 25 heavy (non-hydrogen) atoms. The van der Waals surface area contributed by atoms with Crippen LogP contribution in [-0.4, -0.2) is 62.2 Å². The van der Waals surface area contributed by atoms with Crippen molar-refractivity contribution >= 4 is 34.7 Å². The number of nitrogens with one attached hydrogen (secondary N) is 1. The number of thioether (sulfide) groups is 1. The average molecular weight is 359 g/mol. The summed E-state index contributed by atoms with van der Waals surface area (Å²) in [4.78, 5) is 33.5. The van der Waals surface area contributed by atoms with E-state index in [1.807, 2.05) is 16.0 Å². The van der Waals surface area contributed by atoms with Crippen molar-refractivity contribution in [3.05, 3.63) is 23.8 Å². The van der Waals surface area contributed by atoms with Crippen LogP contribution < -0.4 is 10.6 Å². The highest BCUT2D eigenvalue weighted by molar-refractivity contribution is 8.04. The summed E-state index contributed by atoms with van der Waals surface area (Å²) in [5.41, 5.74) is 7.29. The van der Waals surface area contributed by atoms with Crippen molar-refractivity contribution in [2.24, 2.45) is 5.73 Å². The lowest BCUT2D eigenvalue weighted by Crippen LogP contribution is -2.48. The quantitative estimate of drug-likeness (QED) is 0.845. The van der Waals surface area contributed by atoms with E-state index in [9.17, 15) is 4.79 Å². The molecule has 2 aromatic heterocycles. The van der Waals surface area contributed by atoms with Crippen LogP contribution in [0.4, 0.5) is 5.82 Å². The molecule has 8 nitrogen and oxygen atoms in total. The number of nitrogens with zero attached hydrogens (tertiary/aromatic N) is 5. The molecule has 4 heterocycles. The highest BCUT2D eigenvalue weighted by Gasteiger charge is 2.30. The maximum Gasteiger partial charge on any atom is 0.262 e. The summed E-state index contributed by atoms with van der Waals surface area (Å²) in [6.07, 6.45) is 8.20. The van der Waals surface area contributed by atoms with Gasteiger partial charge in [0.2, 0.25) is 0 Å². The Morgan fingerprint density at radius 1 is 1.32 bits per heavy atom. The molecule has 0 bridgehead atoms. The first kappa shape index (κ1) is 16.3. The van der Waals surface area contributed by atoms with Gasteiger partial charge < -0.3 is 20.5 Å². The van der Waals surface area contributed by atoms with Gasteiger partial charge in [-0.05, 0) is 19.3 Å². The Hall–Kier alpha value is -2.13. The SMILES string of the molecule is NC[C@H]1CCCCN1C(=O)C1=CN(c2ncnc3nc[nH]c23)CCS1. The third-order valence-electron chi connectivity index (χ3n) is 4.71. The summed E-state index contributed by atoms with van der Waals surface area (Å²) in [6.45, 7) is 2.10. The number of H-pyrrole nitrogens is 1. The number of carbonyl (C=O) groups is 1. The van der Waals surface area contributed by atoms with E-state index in [0.29, 0.717) is 12.2 Å². The van der Waals surface area contributed by atoms with E-state index in [1.54, 1.807) is 18.1 Å². The zero-order valence-corrected chi connectivity index (χ0v) is 14.7. The normalized spacial score (nSPS) is 21.5. The fraction of sp³-hybridized carbons (Fsp3) is 0.500. The second kappa shape index (κ2) is 7.01. The Bertz CT molecular complexity index is 805. The van der Waals surface area contributed by atoms with Crippen molar-refractivity contribution in [1.29, 1.82) is 0 Å². The first-order chi connectivity index (χ1) is 12.3. The number of aromatic amines is 1. The number of hydrogen-bond donors (Lipinski definition) is 2. The summed E-state index contributed by atoms with van der Waals surface area (Å²) >= 11 is 1.60. The molecular formula is C16H21N7OS. The minimum Gasteiger partial charge on any atom is -0.340 e. The molecule has 4 rings (SSSR count).